The number of carbonyl (C=O) groups excluding carboxylic acids is 1. The van der Waals surface area contributed by atoms with Crippen molar-refractivity contribution < 1.29 is 13.7 Å². The molecule has 1 spiro atoms. The molecule has 1 N–H and O–H groups in total. The van der Waals surface area contributed by atoms with Crippen molar-refractivity contribution in [3.05, 3.63) is 0 Å². The van der Waals surface area contributed by atoms with E-state index in [1.54, 1.807) is 0 Å². The topological polar surface area (TPSA) is 47.6 Å². The van der Waals surface area contributed by atoms with Gasteiger partial charge >= 0.3 is 5.97 Å². The normalized spacial score (nSPS) is 37.4. The molecule has 5 heteroatoms. The fourth-order valence-corrected chi connectivity index (χ4v) is 3.16. The molecule has 0 aromatic heterocycles. The maximum Gasteiger partial charge on any atom is 0.323 e. The van der Waals surface area contributed by atoms with Gasteiger partial charge in [0.1, 0.15) is 6.04 Å². The highest BCUT2D eigenvalue weighted by atomic mass is 32.2. The Kier molecular flexibility index (Phi) is 3.77. The van der Waals surface area contributed by atoms with Crippen molar-refractivity contribution in [1.82, 2.24) is 5.32 Å². The van der Waals surface area contributed by atoms with E-state index in [4.69, 9.17) is 8.92 Å². The first-order valence-electron chi connectivity index (χ1n) is 5.78. The molecule has 0 amide bonds. The van der Waals surface area contributed by atoms with Crippen LogP contribution in [-0.2, 0) is 13.7 Å². The van der Waals surface area contributed by atoms with Gasteiger partial charge in [-0.1, -0.05) is 0 Å². The quantitative estimate of drug-likeness (QED) is 0.598. The molecule has 1 atom stereocenters. The van der Waals surface area contributed by atoms with E-state index in [-0.39, 0.29) is 17.4 Å². The van der Waals surface area contributed by atoms with Gasteiger partial charge in [0.05, 0.1) is 12.7 Å². The number of carbonyl (C=O) groups is 1. The van der Waals surface area contributed by atoms with Gasteiger partial charge < -0.3 is 14.2 Å². The highest BCUT2D eigenvalue weighted by molar-refractivity contribution is 7.93. The SMILES string of the molecule is CCOC(=O)C1CC2(CN1)CC(OSC)C2. The van der Waals surface area contributed by atoms with E-state index < -0.39 is 0 Å². The summed E-state index contributed by atoms with van der Waals surface area (Å²) in [6.45, 7) is 3.22. The Morgan fingerprint density at radius 1 is 1.50 bits per heavy atom. The number of esters is 1. The summed E-state index contributed by atoms with van der Waals surface area (Å²) < 4.78 is 10.5. The van der Waals surface area contributed by atoms with Gasteiger partial charge in [-0.3, -0.25) is 4.79 Å². The maximum absolute atomic E-state index is 11.6. The fourth-order valence-electron chi connectivity index (χ4n) is 2.75. The van der Waals surface area contributed by atoms with Gasteiger partial charge in [-0.15, -0.1) is 0 Å². The summed E-state index contributed by atoms with van der Waals surface area (Å²) in [6.07, 6.45) is 5.35. The number of nitrogens with one attached hydrogen (secondary N) is 1. The van der Waals surface area contributed by atoms with E-state index in [1.807, 2.05) is 13.2 Å². The molecule has 1 unspecified atom stereocenters. The van der Waals surface area contributed by atoms with Crippen LogP contribution < -0.4 is 5.32 Å². The molecule has 0 bridgehead atoms. The lowest BCUT2D eigenvalue weighted by Gasteiger charge is -2.43. The van der Waals surface area contributed by atoms with E-state index in [9.17, 15) is 4.79 Å². The van der Waals surface area contributed by atoms with Gasteiger partial charge in [-0.05, 0) is 43.6 Å². The van der Waals surface area contributed by atoms with E-state index in [2.05, 4.69) is 5.32 Å². The van der Waals surface area contributed by atoms with E-state index in [1.165, 1.54) is 12.0 Å². The zero-order valence-electron chi connectivity index (χ0n) is 9.82. The molecule has 92 valence electrons. The lowest BCUT2D eigenvalue weighted by Crippen LogP contribution is -2.42. The number of hydrogen-bond acceptors (Lipinski definition) is 5. The van der Waals surface area contributed by atoms with Crippen LogP contribution in [0.25, 0.3) is 0 Å². The Morgan fingerprint density at radius 3 is 2.88 bits per heavy atom. The lowest BCUT2D eigenvalue weighted by atomic mass is 9.65. The van der Waals surface area contributed by atoms with Crippen molar-refractivity contribution in [2.24, 2.45) is 5.41 Å². The zero-order valence-corrected chi connectivity index (χ0v) is 10.6. The summed E-state index contributed by atoms with van der Waals surface area (Å²) in [5.74, 6) is -0.103. The van der Waals surface area contributed by atoms with E-state index >= 15 is 0 Å². The van der Waals surface area contributed by atoms with Gasteiger partial charge in [-0.2, -0.15) is 0 Å². The molecule has 1 saturated carbocycles. The minimum atomic E-state index is -0.103. The molecule has 0 radical (unpaired) electrons. The molecule has 4 nitrogen and oxygen atoms in total. The van der Waals surface area contributed by atoms with Crippen molar-refractivity contribution in [2.45, 2.75) is 38.3 Å². The first kappa shape index (κ1) is 12.2. The van der Waals surface area contributed by atoms with Crippen molar-refractivity contribution in [2.75, 3.05) is 19.4 Å². The average molecular weight is 245 g/mol. The van der Waals surface area contributed by atoms with Gasteiger partial charge in [0, 0.05) is 12.8 Å². The van der Waals surface area contributed by atoms with Crippen molar-refractivity contribution in [1.29, 1.82) is 0 Å². The van der Waals surface area contributed by atoms with Gasteiger partial charge in [0.25, 0.3) is 0 Å². The molecule has 16 heavy (non-hydrogen) atoms. The van der Waals surface area contributed by atoms with Crippen LogP contribution in [0.15, 0.2) is 0 Å². The summed E-state index contributed by atoms with van der Waals surface area (Å²) in [7, 11) is 0. The molecular weight excluding hydrogens is 226 g/mol. The van der Waals surface area contributed by atoms with Crippen LogP contribution in [-0.4, -0.2) is 37.5 Å². The fraction of sp³-hybridized carbons (Fsp3) is 0.909. The van der Waals surface area contributed by atoms with Crippen LogP contribution in [0.5, 0.6) is 0 Å². The Morgan fingerprint density at radius 2 is 2.25 bits per heavy atom. The van der Waals surface area contributed by atoms with E-state index in [0.717, 1.165) is 25.8 Å². The van der Waals surface area contributed by atoms with Gasteiger partial charge in [0.2, 0.25) is 0 Å². The van der Waals surface area contributed by atoms with Crippen LogP contribution in [0.1, 0.15) is 26.2 Å². The van der Waals surface area contributed by atoms with E-state index in [0.29, 0.717) is 12.7 Å². The van der Waals surface area contributed by atoms with Crippen LogP contribution in [0.3, 0.4) is 0 Å². The molecule has 1 heterocycles. The Labute approximate surface area is 101 Å². The third kappa shape index (κ3) is 2.36. The maximum atomic E-state index is 11.6. The highest BCUT2D eigenvalue weighted by Gasteiger charge is 2.51. The molecule has 2 rings (SSSR count). The van der Waals surface area contributed by atoms with Crippen LogP contribution in [0.2, 0.25) is 0 Å². The third-order valence-electron chi connectivity index (χ3n) is 3.49. The molecule has 1 aliphatic carbocycles. The Balaban J connectivity index is 1.79. The Hall–Kier alpha value is -0.260. The summed E-state index contributed by atoms with van der Waals surface area (Å²) >= 11 is 1.43. The zero-order chi connectivity index (χ0) is 11.6. The lowest BCUT2D eigenvalue weighted by molar-refractivity contribution is -0.145. The molecule has 0 aromatic rings. The molecule has 2 fully saturated rings. The van der Waals surface area contributed by atoms with Crippen molar-refractivity contribution in [3.8, 4) is 0 Å². The molecule has 1 saturated heterocycles. The second-order valence-electron chi connectivity index (χ2n) is 4.68. The monoisotopic (exact) mass is 245 g/mol. The summed E-state index contributed by atoms with van der Waals surface area (Å²) in [6, 6.07) is -0.102. The average Bonchev–Trinajstić information content (AvgIpc) is 2.63. The summed E-state index contributed by atoms with van der Waals surface area (Å²) in [4.78, 5) is 11.6. The molecular formula is C11H19NO3S. The van der Waals surface area contributed by atoms with Crippen molar-refractivity contribution >= 4 is 18.0 Å². The molecule has 2 aliphatic rings. The predicted octanol–water partition coefficient (Wildman–Crippen LogP) is 1.35. The molecule has 1 aliphatic heterocycles. The predicted molar refractivity (Wildman–Crippen MR) is 63.1 cm³/mol. The number of hydrogen-bond donors (Lipinski definition) is 1. The summed E-state index contributed by atoms with van der Waals surface area (Å²) in [5.41, 5.74) is 0.290. The van der Waals surface area contributed by atoms with Crippen LogP contribution >= 0.6 is 12.0 Å². The minimum Gasteiger partial charge on any atom is -0.465 e. The first-order valence-corrected chi connectivity index (χ1v) is 6.93. The Bertz CT molecular complexity index is 266. The number of ether oxygens (including phenoxy) is 1. The number of rotatable bonds is 4. The van der Waals surface area contributed by atoms with Crippen LogP contribution in [0, 0.1) is 5.41 Å². The largest absolute Gasteiger partial charge is 0.465 e. The third-order valence-corrected chi connectivity index (χ3v) is 3.95. The smallest absolute Gasteiger partial charge is 0.323 e. The first-order chi connectivity index (χ1) is 7.69. The highest BCUT2D eigenvalue weighted by Crippen LogP contribution is 2.49. The standard InChI is InChI=1S/C11H19NO3S/c1-3-14-10(13)9-6-11(7-12-9)4-8(5-11)15-16-2/h8-9,12H,3-7H2,1-2H3. The van der Waals surface area contributed by atoms with Gasteiger partial charge in [-0.25, -0.2) is 0 Å². The van der Waals surface area contributed by atoms with Crippen LogP contribution in [0.4, 0.5) is 0 Å². The minimum absolute atomic E-state index is 0.102. The van der Waals surface area contributed by atoms with Gasteiger partial charge in [0.15, 0.2) is 0 Å². The summed E-state index contributed by atoms with van der Waals surface area (Å²) in [5, 5.41) is 3.26. The molecule has 0 aromatic carbocycles. The second-order valence-corrected chi connectivity index (χ2v) is 5.21. The second kappa shape index (κ2) is 4.94. The van der Waals surface area contributed by atoms with Crippen molar-refractivity contribution in [3.63, 3.8) is 0 Å².